The number of pyridine rings is 2. The number of carbonyl (C=O) groups excluding carboxylic acids is 2. The van der Waals surface area contributed by atoms with Gasteiger partial charge in [0.25, 0.3) is 0 Å². The van der Waals surface area contributed by atoms with E-state index < -0.39 is 38.4 Å². The van der Waals surface area contributed by atoms with Crippen molar-refractivity contribution in [3.63, 3.8) is 0 Å². The van der Waals surface area contributed by atoms with Gasteiger partial charge in [0.05, 0.1) is 0 Å². The summed E-state index contributed by atoms with van der Waals surface area (Å²) in [4.78, 5) is 35.7. The van der Waals surface area contributed by atoms with Crippen molar-refractivity contribution >= 4 is 73.9 Å². The van der Waals surface area contributed by atoms with E-state index in [1.54, 1.807) is 36.7 Å². The summed E-state index contributed by atoms with van der Waals surface area (Å²) in [5.41, 5.74) is 0.936. The summed E-state index contributed by atoms with van der Waals surface area (Å²) in [7, 11) is 0. The normalized spacial score (nSPS) is 11.8. The fourth-order valence-electron chi connectivity index (χ4n) is 4.43. The van der Waals surface area contributed by atoms with Crippen LogP contribution in [0.15, 0.2) is 46.7 Å². The average molecular weight is 762 g/mol. The molecule has 204 valence electrons. The number of nitrogens with zero attached hydrogens (tertiary/aromatic N) is 2. The van der Waals surface area contributed by atoms with E-state index in [-0.39, 0.29) is 11.9 Å². The zero-order valence-electron chi connectivity index (χ0n) is 22.9. The van der Waals surface area contributed by atoms with Gasteiger partial charge in [-0.1, -0.05) is 0 Å². The van der Waals surface area contributed by atoms with E-state index in [4.69, 9.17) is 7.56 Å². The van der Waals surface area contributed by atoms with Crippen molar-refractivity contribution in [1.29, 1.82) is 0 Å². The number of hydrogen-bond acceptors (Lipinski definition) is 9. The van der Waals surface area contributed by atoms with Gasteiger partial charge in [0.1, 0.15) is 0 Å². The molecule has 0 saturated heterocycles. The Morgan fingerprint density at radius 1 is 0.703 bits per heavy atom. The molecule has 11 heteroatoms. The van der Waals surface area contributed by atoms with Crippen molar-refractivity contribution < 1.29 is 17.1 Å². The maximum atomic E-state index is 13.5. The fraction of sp³-hybridized carbons (Fsp3) is 0.538. The molecule has 37 heavy (non-hydrogen) atoms. The van der Waals surface area contributed by atoms with Gasteiger partial charge in [-0.25, -0.2) is 0 Å². The average Bonchev–Trinajstić information content (AvgIpc) is 2.89. The quantitative estimate of drug-likeness (QED) is 0.128. The maximum absolute atomic E-state index is 13.5. The third-order valence-corrected chi connectivity index (χ3v) is 41.2. The standard InChI is InChI=1S/2C7H7NO2S.4C3H7.O.2Sn/c2*1-11-6-5(7(9)10)3-2-4-8-6;4*1-3-2;;;/h2*2-4H,1H3,(H,9,10);4*1,3H2,2H3;;;/q;;;;;;;2*+1/p-2. The summed E-state index contributed by atoms with van der Waals surface area (Å²) in [6.45, 7) is 8.39. The van der Waals surface area contributed by atoms with Crippen molar-refractivity contribution in [3.8, 4) is 0 Å². The second-order valence-corrected chi connectivity index (χ2v) is 32.2. The van der Waals surface area contributed by atoms with E-state index in [1.165, 1.54) is 23.5 Å². The Kier molecular flexibility index (Phi) is 14.6. The van der Waals surface area contributed by atoms with Gasteiger partial charge in [0, 0.05) is 0 Å². The van der Waals surface area contributed by atoms with E-state index in [0.29, 0.717) is 21.2 Å². The van der Waals surface area contributed by atoms with Crippen LogP contribution >= 0.6 is 23.5 Å². The van der Waals surface area contributed by atoms with Gasteiger partial charge in [-0.15, -0.1) is 0 Å². The second kappa shape index (κ2) is 16.6. The number of rotatable bonds is 16. The first-order chi connectivity index (χ1) is 17.8. The molecule has 0 aliphatic heterocycles. The molecule has 7 nitrogen and oxygen atoms in total. The number of thioether (sulfide) groups is 2. The summed E-state index contributed by atoms with van der Waals surface area (Å²) in [5, 5.41) is 1.29. The molecule has 2 aromatic rings. The van der Waals surface area contributed by atoms with Crippen LogP contribution in [0.4, 0.5) is 0 Å². The van der Waals surface area contributed by atoms with E-state index in [9.17, 15) is 9.59 Å². The van der Waals surface area contributed by atoms with Crippen LogP contribution < -0.4 is 0 Å². The van der Waals surface area contributed by atoms with E-state index >= 15 is 0 Å². The van der Waals surface area contributed by atoms with Gasteiger partial charge in [-0.05, 0) is 0 Å². The molecule has 0 unspecified atom stereocenters. The Labute approximate surface area is 240 Å². The molecule has 0 aliphatic rings. The van der Waals surface area contributed by atoms with Gasteiger partial charge >= 0.3 is 242 Å². The van der Waals surface area contributed by atoms with Crippen LogP contribution in [0.1, 0.15) is 74.1 Å². The van der Waals surface area contributed by atoms with Crippen molar-refractivity contribution in [3.05, 3.63) is 47.8 Å². The Morgan fingerprint density at radius 3 is 1.35 bits per heavy atom. The van der Waals surface area contributed by atoms with Crippen LogP contribution in [0, 0.1) is 0 Å². The number of carbonyl (C=O) groups is 2. The van der Waals surface area contributed by atoms with E-state index in [2.05, 4.69) is 37.7 Å². The Balaban J connectivity index is 2.50. The van der Waals surface area contributed by atoms with Crippen LogP contribution in [0.2, 0.25) is 17.7 Å². The molecule has 0 aliphatic carbocycles. The van der Waals surface area contributed by atoms with Gasteiger partial charge in [0.15, 0.2) is 0 Å². The Morgan fingerprint density at radius 2 is 1.05 bits per heavy atom. The molecular formula is C26H40N2O5S2Sn2. The monoisotopic (exact) mass is 764 g/mol. The fourth-order valence-corrected chi connectivity index (χ4v) is 45.1. The van der Waals surface area contributed by atoms with Gasteiger partial charge in [-0.3, -0.25) is 0 Å². The molecular weight excluding hydrogens is 722 g/mol. The first-order valence-electron chi connectivity index (χ1n) is 13.0. The Bertz CT molecular complexity index is 936. The van der Waals surface area contributed by atoms with E-state index in [1.807, 2.05) is 12.5 Å². The third-order valence-electron chi connectivity index (χ3n) is 5.82. The molecule has 0 saturated carbocycles. The molecule has 2 heterocycles. The van der Waals surface area contributed by atoms with Crippen LogP contribution in [-0.2, 0) is 7.56 Å². The van der Waals surface area contributed by atoms with Gasteiger partial charge < -0.3 is 0 Å². The van der Waals surface area contributed by atoms with Crippen molar-refractivity contribution in [2.75, 3.05) is 12.5 Å². The van der Waals surface area contributed by atoms with Crippen molar-refractivity contribution in [2.24, 2.45) is 0 Å². The number of aromatic nitrogens is 2. The van der Waals surface area contributed by atoms with Crippen molar-refractivity contribution in [2.45, 2.75) is 81.2 Å². The molecule has 0 fully saturated rings. The summed E-state index contributed by atoms with van der Waals surface area (Å²) in [6.07, 6.45) is 10.5. The molecule has 2 aromatic heterocycles. The van der Waals surface area contributed by atoms with Crippen LogP contribution in [-0.4, -0.2) is 72.8 Å². The van der Waals surface area contributed by atoms with Crippen molar-refractivity contribution in [1.82, 2.24) is 9.97 Å². The molecule has 0 amide bonds. The van der Waals surface area contributed by atoms with E-state index in [0.717, 1.165) is 43.4 Å². The van der Waals surface area contributed by atoms with Gasteiger partial charge in [0.2, 0.25) is 0 Å². The second-order valence-electron chi connectivity index (χ2n) is 8.82. The van der Waals surface area contributed by atoms with Crippen LogP contribution in [0.5, 0.6) is 0 Å². The molecule has 0 radical (unpaired) electrons. The predicted octanol–water partition coefficient (Wildman–Crippen LogP) is 7.48. The summed E-state index contributed by atoms with van der Waals surface area (Å²) < 4.78 is 23.1. The zero-order valence-corrected chi connectivity index (χ0v) is 30.2. The van der Waals surface area contributed by atoms with Crippen LogP contribution in [0.3, 0.4) is 0 Å². The minimum atomic E-state index is -4.04. The molecule has 0 atom stereocenters. The minimum absolute atomic E-state index is 0.369. The topological polar surface area (TPSA) is 87.6 Å². The summed E-state index contributed by atoms with van der Waals surface area (Å²) in [6, 6.07) is 7.03. The zero-order chi connectivity index (χ0) is 27.3. The molecule has 0 N–H and O–H groups in total. The number of hydrogen-bond donors (Lipinski definition) is 0. The SMILES string of the molecule is CC[CH2][Sn]([CH2]CC)([O]C(=O)c1cccnc1SC)[O][Sn]([CH2]CC)([CH2]CC)[O]C(=O)c1cccnc1SC. The molecule has 2 rings (SSSR count). The first-order valence-corrected chi connectivity index (χ1v) is 28.2. The predicted molar refractivity (Wildman–Crippen MR) is 156 cm³/mol. The van der Waals surface area contributed by atoms with Crippen LogP contribution in [0.25, 0.3) is 0 Å². The Hall–Kier alpha value is -0.503. The summed E-state index contributed by atoms with van der Waals surface area (Å²) >= 11 is -5.24. The molecule has 0 spiro atoms. The molecule has 0 bridgehead atoms. The van der Waals surface area contributed by atoms with Gasteiger partial charge in [-0.2, -0.15) is 0 Å². The third kappa shape index (κ3) is 9.28. The first kappa shape index (κ1) is 32.7. The summed E-state index contributed by atoms with van der Waals surface area (Å²) in [5.74, 6) is -0.738. The molecule has 0 aromatic carbocycles.